The molecule has 0 aromatic heterocycles. The number of hydrogen-bond acceptors (Lipinski definition) is 9. The first-order valence-corrected chi connectivity index (χ1v) is 7.76. The summed E-state index contributed by atoms with van der Waals surface area (Å²) in [5, 5.41) is 36.7. The molecule has 0 bridgehead atoms. The van der Waals surface area contributed by atoms with Gasteiger partial charge in [-0.1, -0.05) is 0 Å². The second-order valence-corrected chi connectivity index (χ2v) is 5.62. The van der Waals surface area contributed by atoms with Crippen molar-refractivity contribution in [2.75, 3.05) is 72.0 Å². The molecule has 0 aliphatic carbocycles. The molecule has 0 amide bonds. The summed E-state index contributed by atoms with van der Waals surface area (Å²) >= 11 is 0. The van der Waals surface area contributed by atoms with Crippen LogP contribution >= 0.6 is 0 Å². The van der Waals surface area contributed by atoms with Crippen molar-refractivity contribution in [1.29, 1.82) is 0 Å². The van der Waals surface area contributed by atoms with Crippen LogP contribution in [0, 0.1) is 0 Å². The van der Waals surface area contributed by atoms with Gasteiger partial charge in [-0.25, -0.2) is 0 Å². The maximum atomic E-state index is 10.9. The summed E-state index contributed by atoms with van der Waals surface area (Å²) in [7, 11) is 0. The fourth-order valence-electron chi connectivity index (χ4n) is 2.46. The number of carboxylic acid groups (broad SMARTS) is 3. The zero-order valence-electron chi connectivity index (χ0n) is 14.9. The summed E-state index contributed by atoms with van der Waals surface area (Å²) in [6, 6.07) is 0. The van der Waals surface area contributed by atoms with E-state index in [4.69, 9.17) is 0 Å². The third-order valence-corrected chi connectivity index (χ3v) is 3.67. The van der Waals surface area contributed by atoms with Gasteiger partial charge in [0.05, 0.1) is 17.9 Å². The first-order valence-electron chi connectivity index (χ1n) is 7.76. The van der Waals surface area contributed by atoms with Gasteiger partial charge in [-0.3, -0.25) is 14.7 Å². The molecule has 1 heterocycles. The SMILES string of the molecule is O=C([O-])CN1CC[N-]CCN(CC(=O)[O-])CCN(CC(=O)[O-])CC1.[Mn+2].[Na+]. The number of nitrogens with zero attached hydrogens (tertiary/aromatic N) is 4. The van der Waals surface area contributed by atoms with Gasteiger partial charge in [-0.05, 0) is 13.1 Å². The summed E-state index contributed by atoms with van der Waals surface area (Å²) in [5.41, 5.74) is 0. The first-order chi connectivity index (χ1) is 11.4. The largest absolute Gasteiger partial charge is 2.00 e. The van der Waals surface area contributed by atoms with Gasteiger partial charge in [-0.15, -0.1) is 13.1 Å². The van der Waals surface area contributed by atoms with Crippen LogP contribution in [0.1, 0.15) is 0 Å². The summed E-state index contributed by atoms with van der Waals surface area (Å²) in [5.74, 6) is -3.64. The minimum atomic E-state index is -1.24. The fourth-order valence-corrected chi connectivity index (χ4v) is 2.46. The quantitative estimate of drug-likeness (QED) is 0.383. The Kier molecular flexibility index (Phi) is 17.0. The van der Waals surface area contributed by atoms with Crippen LogP contribution in [0.2, 0.25) is 0 Å². The molecule has 0 saturated carbocycles. The summed E-state index contributed by atoms with van der Waals surface area (Å²) in [6.07, 6.45) is 0. The van der Waals surface area contributed by atoms with E-state index in [9.17, 15) is 29.7 Å². The fraction of sp³-hybridized carbons (Fsp3) is 0.786. The monoisotopic (exact) mass is 420 g/mol. The van der Waals surface area contributed by atoms with Gasteiger partial charge in [0.1, 0.15) is 0 Å². The van der Waals surface area contributed by atoms with Crippen molar-refractivity contribution < 1.29 is 76.3 Å². The van der Waals surface area contributed by atoms with Crippen molar-refractivity contribution in [3.8, 4) is 0 Å². The molecule has 0 aromatic carbocycles. The van der Waals surface area contributed by atoms with Gasteiger partial charge in [0, 0.05) is 45.8 Å². The molecular formula is C14H22MnN4NaO6-. The summed E-state index contributed by atoms with van der Waals surface area (Å²) in [6.45, 7) is 2.18. The standard InChI is InChI=1S/C14H25N4O6.Mn.Na/c19-12(20)9-16-3-1-15-2-4-17(10-13(21)22)6-8-18(7-5-16)11-14(23)24;;/h1-11H2,(H,19,20)(H,21,22)(H,23,24);;/q-1;+2;+1/p-3. The van der Waals surface area contributed by atoms with Crippen molar-refractivity contribution in [3.63, 3.8) is 0 Å². The van der Waals surface area contributed by atoms with E-state index in [1.807, 2.05) is 0 Å². The molecule has 1 aliphatic rings. The van der Waals surface area contributed by atoms with Gasteiger partial charge in [-0.2, -0.15) is 0 Å². The van der Waals surface area contributed by atoms with Crippen molar-refractivity contribution in [2.24, 2.45) is 0 Å². The molecule has 0 unspecified atom stereocenters. The molecule has 0 aromatic rings. The molecule has 1 radical (unpaired) electrons. The summed E-state index contributed by atoms with van der Waals surface area (Å²) in [4.78, 5) is 37.3. The normalized spacial score (nSPS) is 18.5. The third kappa shape index (κ3) is 13.9. The van der Waals surface area contributed by atoms with Crippen molar-refractivity contribution >= 4 is 17.9 Å². The molecule has 1 rings (SSSR count). The van der Waals surface area contributed by atoms with E-state index in [0.29, 0.717) is 52.4 Å². The van der Waals surface area contributed by atoms with E-state index < -0.39 is 17.9 Å². The van der Waals surface area contributed by atoms with E-state index in [2.05, 4.69) is 5.32 Å². The van der Waals surface area contributed by atoms with Crippen LogP contribution < -0.4 is 44.9 Å². The van der Waals surface area contributed by atoms with Gasteiger partial charge in [0.2, 0.25) is 0 Å². The molecule has 0 N–H and O–H groups in total. The summed E-state index contributed by atoms with van der Waals surface area (Å²) < 4.78 is 0. The van der Waals surface area contributed by atoms with Crippen LogP contribution in [0.4, 0.5) is 0 Å². The van der Waals surface area contributed by atoms with Crippen molar-refractivity contribution in [2.45, 2.75) is 0 Å². The zero-order chi connectivity index (χ0) is 17.9. The molecule has 1 saturated heterocycles. The molecule has 0 atom stereocenters. The first kappa shape index (κ1) is 28.0. The topological polar surface area (TPSA) is 144 Å². The molecule has 26 heavy (non-hydrogen) atoms. The number of carbonyl (C=O) groups is 3. The second-order valence-electron chi connectivity index (χ2n) is 5.62. The average molecular weight is 420 g/mol. The smallest absolute Gasteiger partial charge is 0.660 e. The second kappa shape index (κ2) is 15.8. The van der Waals surface area contributed by atoms with Crippen LogP contribution in [0.25, 0.3) is 5.32 Å². The van der Waals surface area contributed by atoms with E-state index in [1.54, 1.807) is 14.7 Å². The molecule has 1 fully saturated rings. The molecule has 1 aliphatic heterocycles. The minimum absolute atomic E-state index is 0. The van der Waals surface area contributed by atoms with Crippen LogP contribution in [0.3, 0.4) is 0 Å². The van der Waals surface area contributed by atoms with Crippen LogP contribution in [-0.2, 0) is 31.5 Å². The molecule has 0 spiro atoms. The molecule has 10 nitrogen and oxygen atoms in total. The van der Waals surface area contributed by atoms with Crippen molar-refractivity contribution in [1.82, 2.24) is 14.7 Å². The van der Waals surface area contributed by atoms with Gasteiger partial charge in [0.15, 0.2) is 0 Å². The Balaban J connectivity index is 0. The van der Waals surface area contributed by atoms with Crippen molar-refractivity contribution in [3.05, 3.63) is 5.32 Å². The van der Waals surface area contributed by atoms with Gasteiger partial charge >= 0.3 is 46.6 Å². The maximum absolute atomic E-state index is 10.9. The molecule has 12 heteroatoms. The minimum Gasteiger partial charge on any atom is -0.660 e. The molecular weight excluding hydrogens is 398 g/mol. The number of rotatable bonds is 6. The van der Waals surface area contributed by atoms with Gasteiger partial charge in [0.25, 0.3) is 0 Å². The number of carbonyl (C=O) groups excluding carboxylic acids is 3. The zero-order valence-corrected chi connectivity index (χ0v) is 18.1. The Morgan fingerprint density at radius 3 is 1.19 bits per heavy atom. The van der Waals surface area contributed by atoms with Crippen LogP contribution in [-0.4, -0.2) is 105 Å². The van der Waals surface area contributed by atoms with Gasteiger partial charge < -0.3 is 35.0 Å². The Bertz CT molecular complexity index is 416. The Labute approximate surface area is 185 Å². The van der Waals surface area contributed by atoms with E-state index >= 15 is 0 Å². The Morgan fingerprint density at radius 1 is 0.654 bits per heavy atom. The van der Waals surface area contributed by atoms with E-state index in [-0.39, 0.29) is 66.3 Å². The van der Waals surface area contributed by atoms with E-state index in [1.165, 1.54) is 0 Å². The van der Waals surface area contributed by atoms with E-state index in [0.717, 1.165) is 0 Å². The predicted octanol–water partition coefficient (Wildman–Crippen LogP) is -8.47. The maximum Gasteiger partial charge on any atom is 2.00 e. The van der Waals surface area contributed by atoms with Crippen LogP contribution in [0.15, 0.2) is 0 Å². The predicted molar refractivity (Wildman–Crippen MR) is 77.4 cm³/mol. The third-order valence-electron chi connectivity index (χ3n) is 3.67. The Hall–Kier alpha value is -0.231. The Morgan fingerprint density at radius 2 is 0.923 bits per heavy atom. The molecule has 143 valence electrons. The average Bonchev–Trinajstić information content (AvgIpc) is 2.45. The number of carboxylic acids is 3. The number of aliphatic carboxylic acids is 3. The number of hydrogen-bond donors (Lipinski definition) is 0. The van der Waals surface area contributed by atoms with Crippen LogP contribution in [0.5, 0.6) is 0 Å².